The van der Waals surface area contributed by atoms with Gasteiger partial charge in [0.1, 0.15) is 0 Å². The van der Waals surface area contributed by atoms with Crippen LogP contribution in [0.3, 0.4) is 0 Å². The predicted octanol–water partition coefficient (Wildman–Crippen LogP) is 3.43. The van der Waals surface area contributed by atoms with Gasteiger partial charge in [0, 0.05) is 25.2 Å². The normalized spacial score (nSPS) is 10.8. The molecule has 0 aliphatic carbocycles. The molecular formula is C14H23FN2O. The third-order valence-corrected chi connectivity index (χ3v) is 2.66. The SMILES string of the molecule is CCCN(CC)c1cc(OC(C)C)c(F)cc1N. The maximum atomic E-state index is 13.7. The lowest BCUT2D eigenvalue weighted by molar-refractivity contribution is 0.231. The summed E-state index contributed by atoms with van der Waals surface area (Å²) in [6.07, 6.45) is 0.961. The zero-order valence-corrected chi connectivity index (χ0v) is 11.7. The zero-order chi connectivity index (χ0) is 13.7. The van der Waals surface area contributed by atoms with E-state index in [0.29, 0.717) is 5.69 Å². The number of rotatable bonds is 6. The van der Waals surface area contributed by atoms with Crippen molar-refractivity contribution >= 4 is 11.4 Å². The first kappa shape index (κ1) is 14.6. The number of hydrogen-bond acceptors (Lipinski definition) is 3. The minimum absolute atomic E-state index is 0.0581. The van der Waals surface area contributed by atoms with E-state index in [2.05, 4.69) is 18.7 Å². The highest BCUT2D eigenvalue weighted by atomic mass is 19.1. The van der Waals surface area contributed by atoms with Crippen molar-refractivity contribution in [3.63, 3.8) is 0 Å². The van der Waals surface area contributed by atoms with E-state index < -0.39 is 5.82 Å². The summed E-state index contributed by atoms with van der Waals surface area (Å²) in [5.41, 5.74) is 7.19. The van der Waals surface area contributed by atoms with Crippen molar-refractivity contribution in [1.82, 2.24) is 0 Å². The maximum Gasteiger partial charge on any atom is 0.167 e. The highest BCUT2D eigenvalue weighted by Crippen LogP contribution is 2.31. The van der Waals surface area contributed by atoms with E-state index in [4.69, 9.17) is 10.5 Å². The van der Waals surface area contributed by atoms with Crippen LogP contribution in [-0.4, -0.2) is 19.2 Å². The highest BCUT2D eigenvalue weighted by Gasteiger charge is 2.14. The van der Waals surface area contributed by atoms with Gasteiger partial charge in [0.05, 0.1) is 17.5 Å². The first-order valence-electron chi connectivity index (χ1n) is 6.50. The fourth-order valence-electron chi connectivity index (χ4n) is 1.89. The first-order valence-corrected chi connectivity index (χ1v) is 6.50. The number of benzene rings is 1. The van der Waals surface area contributed by atoms with E-state index in [-0.39, 0.29) is 11.9 Å². The molecule has 0 radical (unpaired) electrons. The Hall–Kier alpha value is -1.45. The molecule has 3 nitrogen and oxygen atoms in total. The van der Waals surface area contributed by atoms with Crippen molar-refractivity contribution in [2.45, 2.75) is 40.2 Å². The van der Waals surface area contributed by atoms with Crippen LogP contribution in [0.1, 0.15) is 34.1 Å². The van der Waals surface area contributed by atoms with Crippen molar-refractivity contribution in [1.29, 1.82) is 0 Å². The largest absolute Gasteiger partial charge is 0.488 e. The highest BCUT2D eigenvalue weighted by molar-refractivity contribution is 5.70. The van der Waals surface area contributed by atoms with Crippen LogP contribution in [0.15, 0.2) is 12.1 Å². The number of anilines is 2. The Kier molecular flexibility index (Phi) is 5.25. The van der Waals surface area contributed by atoms with Crippen LogP contribution < -0.4 is 15.4 Å². The molecule has 2 N–H and O–H groups in total. The maximum absolute atomic E-state index is 13.7. The second-order valence-electron chi connectivity index (χ2n) is 4.59. The molecule has 4 heteroatoms. The number of hydrogen-bond donors (Lipinski definition) is 1. The smallest absolute Gasteiger partial charge is 0.167 e. The van der Waals surface area contributed by atoms with E-state index in [1.165, 1.54) is 6.07 Å². The molecule has 1 aromatic rings. The summed E-state index contributed by atoms with van der Waals surface area (Å²) < 4.78 is 19.2. The standard InChI is InChI=1S/C14H23FN2O/c1-5-7-17(6-2)13-9-14(18-10(3)4)11(15)8-12(13)16/h8-10H,5-7,16H2,1-4H3. The van der Waals surface area contributed by atoms with Gasteiger partial charge < -0.3 is 15.4 Å². The lowest BCUT2D eigenvalue weighted by Crippen LogP contribution is -2.24. The van der Waals surface area contributed by atoms with Crippen LogP contribution in [0.2, 0.25) is 0 Å². The second-order valence-corrected chi connectivity index (χ2v) is 4.59. The molecule has 1 aromatic carbocycles. The quantitative estimate of drug-likeness (QED) is 0.790. The lowest BCUT2D eigenvalue weighted by atomic mass is 10.2. The molecule has 0 heterocycles. The fourth-order valence-corrected chi connectivity index (χ4v) is 1.89. The molecule has 0 aromatic heterocycles. The molecule has 0 fully saturated rings. The van der Waals surface area contributed by atoms with Crippen molar-refractivity contribution < 1.29 is 9.13 Å². The van der Waals surface area contributed by atoms with E-state index in [1.807, 2.05) is 13.8 Å². The summed E-state index contributed by atoms with van der Waals surface area (Å²) in [5.74, 6) is -0.138. The first-order chi connectivity index (χ1) is 8.49. The zero-order valence-electron chi connectivity index (χ0n) is 11.7. The Morgan fingerprint density at radius 2 is 2.00 bits per heavy atom. The average Bonchev–Trinajstić information content (AvgIpc) is 2.29. The minimum atomic E-state index is -0.405. The Morgan fingerprint density at radius 1 is 1.33 bits per heavy atom. The van der Waals surface area contributed by atoms with Crippen LogP contribution in [0.5, 0.6) is 5.75 Å². The van der Waals surface area contributed by atoms with Gasteiger partial charge in [-0.15, -0.1) is 0 Å². The predicted molar refractivity (Wildman–Crippen MR) is 74.8 cm³/mol. The summed E-state index contributed by atoms with van der Waals surface area (Å²) in [7, 11) is 0. The monoisotopic (exact) mass is 254 g/mol. The van der Waals surface area contributed by atoms with Crippen molar-refractivity contribution in [2.75, 3.05) is 23.7 Å². The van der Waals surface area contributed by atoms with Crippen LogP contribution in [0.25, 0.3) is 0 Å². The van der Waals surface area contributed by atoms with E-state index in [0.717, 1.165) is 25.2 Å². The van der Waals surface area contributed by atoms with Crippen molar-refractivity contribution in [3.8, 4) is 5.75 Å². The third kappa shape index (κ3) is 3.52. The summed E-state index contributed by atoms with van der Waals surface area (Å²) in [6.45, 7) is 9.64. The Bertz CT molecular complexity index is 394. The third-order valence-electron chi connectivity index (χ3n) is 2.66. The Labute approximate surface area is 109 Å². The Morgan fingerprint density at radius 3 is 2.50 bits per heavy atom. The molecule has 0 aliphatic rings. The van der Waals surface area contributed by atoms with Gasteiger partial charge in [0.25, 0.3) is 0 Å². The van der Waals surface area contributed by atoms with Crippen LogP contribution in [0, 0.1) is 5.82 Å². The second kappa shape index (κ2) is 6.47. The van der Waals surface area contributed by atoms with Gasteiger partial charge in [0.15, 0.2) is 11.6 Å². The van der Waals surface area contributed by atoms with Gasteiger partial charge >= 0.3 is 0 Å². The van der Waals surface area contributed by atoms with Gasteiger partial charge in [-0.2, -0.15) is 0 Å². The van der Waals surface area contributed by atoms with Crippen LogP contribution >= 0.6 is 0 Å². The van der Waals surface area contributed by atoms with Crippen LogP contribution in [0.4, 0.5) is 15.8 Å². The molecule has 0 atom stereocenters. The van der Waals surface area contributed by atoms with Gasteiger partial charge in [0.2, 0.25) is 0 Å². The molecule has 0 aliphatic heterocycles. The molecule has 0 bridgehead atoms. The summed E-state index contributed by atoms with van der Waals surface area (Å²) >= 11 is 0. The molecule has 0 unspecified atom stereocenters. The molecular weight excluding hydrogens is 231 g/mol. The van der Waals surface area contributed by atoms with E-state index in [1.54, 1.807) is 6.07 Å². The van der Waals surface area contributed by atoms with E-state index >= 15 is 0 Å². The number of nitrogens with zero attached hydrogens (tertiary/aromatic N) is 1. The van der Waals surface area contributed by atoms with Crippen molar-refractivity contribution in [2.24, 2.45) is 0 Å². The van der Waals surface area contributed by atoms with Gasteiger partial charge in [-0.05, 0) is 27.2 Å². The van der Waals surface area contributed by atoms with Crippen LogP contribution in [-0.2, 0) is 0 Å². The average molecular weight is 254 g/mol. The Balaban J connectivity index is 3.10. The lowest BCUT2D eigenvalue weighted by Gasteiger charge is -2.25. The number of halogens is 1. The number of nitrogen functional groups attached to an aromatic ring is 1. The topological polar surface area (TPSA) is 38.5 Å². The molecule has 1 rings (SSSR count). The fraction of sp³-hybridized carbons (Fsp3) is 0.571. The molecule has 0 spiro atoms. The van der Waals surface area contributed by atoms with E-state index in [9.17, 15) is 4.39 Å². The summed E-state index contributed by atoms with van der Waals surface area (Å²) in [4.78, 5) is 2.13. The molecule has 102 valence electrons. The summed E-state index contributed by atoms with van der Waals surface area (Å²) in [5, 5.41) is 0. The number of nitrogens with two attached hydrogens (primary N) is 1. The van der Waals surface area contributed by atoms with Gasteiger partial charge in [-0.1, -0.05) is 6.92 Å². The summed E-state index contributed by atoms with van der Waals surface area (Å²) in [6, 6.07) is 3.04. The molecule has 0 saturated carbocycles. The molecule has 18 heavy (non-hydrogen) atoms. The molecule has 0 amide bonds. The van der Waals surface area contributed by atoms with Gasteiger partial charge in [-0.3, -0.25) is 0 Å². The number of ether oxygens (including phenoxy) is 1. The molecule has 0 saturated heterocycles. The van der Waals surface area contributed by atoms with Gasteiger partial charge in [-0.25, -0.2) is 4.39 Å². The van der Waals surface area contributed by atoms with Crippen molar-refractivity contribution in [3.05, 3.63) is 17.9 Å². The minimum Gasteiger partial charge on any atom is -0.488 e.